The normalized spacial score (nSPS) is 23.7. The van der Waals surface area contributed by atoms with E-state index in [9.17, 15) is 26.4 Å². The van der Waals surface area contributed by atoms with E-state index < -0.39 is 27.8 Å². The number of nitrogens with zero attached hydrogens (tertiary/aromatic N) is 2. The van der Waals surface area contributed by atoms with Crippen LogP contribution in [0.3, 0.4) is 0 Å². The number of rotatable bonds is 5. The second-order valence-electron chi connectivity index (χ2n) is 8.71. The Morgan fingerprint density at radius 2 is 1.81 bits per heavy atom. The molecule has 1 aromatic carbocycles. The van der Waals surface area contributed by atoms with Crippen LogP contribution in [0.25, 0.3) is 0 Å². The van der Waals surface area contributed by atoms with E-state index in [-0.39, 0.29) is 28.8 Å². The largest absolute Gasteiger partial charge is 0.416 e. The van der Waals surface area contributed by atoms with Crippen LogP contribution in [-0.2, 0) is 21.0 Å². The lowest BCUT2D eigenvalue weighted by Gasteiger charge is -2.40. The first-order chi connectivity index (χ1) is 14.4. The Kier molecular flexibility index (Phi) is 7.02. The maximum atomic E-state index is 13.3. The minimum absolute atomic E-state index is 0.0280. The molecule has 1 saturated carbocycles. The maximum absolute atomic E-state index is 13.3. The van der Waals surface area contributed by atoms with Crippen molar-refractivity contribution in [2.45, 2.75) is 75.1 Å². The molecule has 1 aliphatic carbocycles. The van der Waals surface area contributed by atoms with Crippen molar-refractivity contribution in [1.82, 2.24) is 9.21 Å². The number of alkyl halides is 3. The predicted molar refractivity (Wildman–Crippen MR) is 111 cm³/mol. The summed E-state index contributed by atoms with van der Waals surface area (Å²) in [6.45, 7) is 4.24. The van der Waals surface area contributed by atoms with Gasteiger partial charge in [0.15, 0.2) is 0 Å². The van der Waals surface area contributed by atoms with Gasteiger partial charge < -0.3 is 10.6 Å². The molecule has 2 aliphatic rings. The van der Waals surface area contributed by atoms with E-state index >= 15 is 0 Å². The first-order valence-electron chi connectivity index (χ1n) is 10.7. The zero-order valence-electron chi connectivity index (χ0n) is 17.8. The van der Waals surface area contributed by atoms with Crippen LogP contribution in [0.5, 0.6) is 0 Å². The minimum atomic E-state index is -4.62. The van der Waals surface area contributed by atoms with Gasteiger partial charge in [0.1, 0.15) is 0 Å². The zero-order chi connectivity index (χ0) is 23.0. The average molecular weight is 462 g/mol. The molecule has 0 spiro atoms. The number of halogens is 3. The van der Waals surface area contributed by atoms with Gasteiger partial charge in [-0.2, -0.15) is 17.5 Å². The van der Waals surface area contributed by atoms with Crippen molar-refractivity contribution in [3.8, 4) is 0 Å². The number of likely N-dealkylation sites (tertiary alicyclic amines) is 1. The van der Waals surface area contributed by atoms with Crippen LogP contribution < -0.4 is 5.73 Å². The smallest absolute Gasteiger partial charge is 0.342 e. The van der Waals surface area contributed by atoms with Gasteiger partial charge in [-0.15, -0.1) is 0 Å². The Hall–Kier alpha value is -1.65. The van der Waals surface area contributed by atoms with E-state index in [4.69, 9.17) is 5.73 Å². The molecular formula is C21H30F3N3O3S. The molecule has 0 unspecified atom stereocenters. The highest BCUT2D eigenvalue weighted by Crippen LogP contribution is 2.33. The number of hydrogen-bond donors (Lipinski definition) is 1. The van der Waals surface area contributed by atoms with Crippen molar-refractivity contribution in [3.05, 3.63) is 29.8 Å². The third-order valence-electron chi connectivity index (χ3n) is 6.27. The summed E-state index contributed by atoms with van der Waals surface area (Å²) in [7, 11) is -4.14. The fourth-order valence-electron chi connectivity index (χ4n) is 4.72. The Labute approximate surface area is 181 Å². The number of carbonyl (C=O) groups is 1. The Bertz CT molecular complexity index is 897. The van der Waals surface area contributed by atoms with E-state index in [0.29, 0.717) is 32.0 Å². The second kappa shape index (κ2) is 9.07. The summed E-state index contributed by atoms with van der Waals surface area (Å²) in [6, 6.07) is 2.90. The molecule has 2 atom stereocenters. The topological polar surface area (TPSA) is 83.7 Å². The molecule has 0 aromatic heterocycles. The molecule has 1 aliphatic heterocycles. The molecule has 6 nitrogen and oxygen atoms in total. The van der Waals surface area contributed by atoms with Crippen molar-refractivity contribution in [2.75, 3.05) is 13.1 Å². The van der Waals surface area contributed by atoms with Crippen LogP contribution in [0.1, 0.15) is 51.5 Å². The lowest BCUT2D eigenvalue weighted by Crippen LogP contribution is -2.52. The Balaban J connectivity index is 1.76. The molecule has 1 heterocycles. The van der Waals surface area contributed by atoms with Crippen LogP contribution in [-0.4, -0.2) is 54.7 Å². The quantitative estimate of drug-likeness (QED) is 0.730. The van der Waals surface area contributed by atoms with Gasteiger partial charge in [-0.1, -0.05) is 12.5 Å². The number of sulfonamides is 1. The number of carbonyl (C=O) groups excluding carboxylic acids is 1. The Morgan fingerprint density at radius 3 is 2.32 bits per heavy atom. The van der Waals surface area contributed by atoms with Crippen molar-refractivity contribution >= 4 is 15.9 Å². The highest BCUT2D eigenvalue weighted by atomic mass is 32.2. The SMILES string of the molecule is CC(C)N(C1CCN(C(=O)[C@H]2CCC[C@H]2N)CC1)S(=O)(=O)c1cccc(C(F)(F)F)c1. The number of amides is 1. The van der Waals surface area contributed by atoms with E-state index in [1.807, 2.05) is 0 Å². The van der Waals surface area contributed by atoms with E-state index in [2.05, 4.69) is 0 Å². The number of piperidine rings is 1. The van der Waals surface area contributed by atoms with Crippen molar-refractivity contribution in [2.24, 2.45) is 11.7 Å². The summed E-state index contributed by atoms with van der Waals surface area (Å²) in [5, 5.41) is 0. The average Bonchev–Trinajstić information content (AvgIpc) is 3.13. The van der Waals surface area contributed by atoms with Crippen LogP contribution >= 0.6 is 0 Å². The van der Waals surface area contributed by atoms with Crippen molar-refractivity contribution in [3.63, 3.8) is 0 Å². The molecular weight excluding hydrogens is 431 g/mol. The minimum Gasteiger partial charge on any atom is -0.342 e. The molecule has 2 N–H and O–H groups in total. The summed E-state index contributed by atoms with van der Waals surface area (Å²) in [5.41, 5.74) is 5.06. The summed E-state index contributed by atoms with van der Waals surface area (Å²) in [4.78, 5) is 14.2. The molecule has 2 fully saturated rings. The second-order valence-corrected chi connectivity index (χ2v) is 10.6. The number of benzene rings is 1. The molecule has 3 rings (SSSR count). The highest BCUT2D eigenvalue weighted by molar-refractivity contribution is 7.89. The van der Waals surface area contributed by atoms with Gasteiger partial charge in [0, 0.05) is 31.2 Å². The van der Waals surface area contributed by atoms with E-state index in [1.54, 1.807) is 18.7 Å². The summed E-state index contributed by atoms with van der Waals surface area (Å²) >= 11 is 0. The van der Waals surface area contributed by atoms with Gasteiger partial charge in [0.25, 0.3) is 0 Å². The third-order valence-corrected chi connectivity index (χ3v) is 8.39. The van der Waals surface area contributed by atoms with Gasteiger partial charge in [0.2, 0.25) is 15.9 Å². The van der Waals surface area contributed by atoms with Gasteiger partial charge in [-0.25, -0.2) is 8.42 Å². The van der Waals surface area contributed by atoms with Crippen molar-refractivity contribution < 1.29 is 26.4 Å². The fourth-order valence-corrected chi connectivity index (χ4v) is 6.65. The summed E-state index contributed by atoms with van der Waals surface area (Å²) < 4.78 is 67.1. The van der Waals surface area contributed by atoms with Crippen LogP contribution in [0.2, 0.25) is 0 Å². The summed E-state index contributed by atoms with van der Waals surface area (Å²) in [6.07, 6.45) is -1.20. The van der Waals surface area contributed by atoms with Gasteiger partial charge >= 0.3 is 6.18 Å². The highest BCUT2D eigenvalue weighted by Gasteiger charge is 2.40. The van der Waals surface area contributed by atoms with Gasteiger partial charge in [-0.3, -0.25) is 4.79 Å². The lowest BCUT2D eigenvalue weighted by molar-refractivity contribution is -0.138. The molecule has 10 heteroatoms. The lowest BCUT2D eigenvalue weighted by atomic mass is 9.98. The first-order valence-corrected chi connectivity index (χ1v) is 12.1. The molecule has 1 saturated heterocycles. The first kappa shape index (κ1) is 24.0. The fraction of sp³-hybridized carbons (Fsp3) is 0.667. The van der Waals surface area contributed by atoms with Gasteiger partial charge in [-0.05, 0) is 57.7 Å². The third kappa shape index (κ3) is 5.06. The monoisotopic (exact) mass is 461 g/mol. The van der Waals surface area contributed by atoms with Crippen LogP contribution in [0.4, 0.5) is 13.2 Å². The van der Waals surface area contributed by atoms with Crippen LogP contribution in [0, 0.1) is 5.92 Å². The van der Waals surface area contributed by atoms with E-state index in [0.717, 1.165) is 31.4 Å². The van der Waals surface area contributed by atoms with Gasteiger partial charge in [0.05, 0.1) is 16.4 Å². The molecule has 0 bridgehead atoms. The Morgan fingerprint density at radius 1 is 1.16 bits per heavy atom. The standard InChI is InChI=1S/C21H30F3N3O3S/c1-14(2)27(31(29,30)17-6-3-5-15(13-17)21(22,23)24)16-9-11-26(12-10-16)20(28)18-7-4-8-19(18)25/h3,5-6,13-14,16,18-19H,4,7-12,25H2,1-2H3/t18-,19+/m0/s1. The molecule has 1 amide bonds. The predicted octanol–water partition coefficient (Wildman–Crippen LogP) is 3.22. The number of hydrogen-bond acceptors (Lipinski definition) is 4. The molecule has 0 radical (unpaired) electrons. The summed E-state index contributed by atoms with van der Waals surface area (Å²) in [5.74, 6) is -0.146. The molecule has 31 heavy (non-hydrogen) atoms. The zero-order valence-corrected chi connectivity index (χ0v) is 18.6. The van der Waals surface area contributed by atoms with Crippen molar-refractivity contribution in [1.29, 1.82) is 0 Å². The van der Waals surface area contributed by atoms with E-state index in [1.165, 1.54) is 10.4 Å². The molecule has 1 aromatic rings. The maximum Gasteiger partial charge on any atom is 0.416 e. The number of nitrogens with two attached hydrogens (primary N) is 1. The van der Waals surface area contributed by atoms with Crippen LogP contribution in [0.15, 0.2) is 29.2 Å². The molecule has 174 valence electrons.